The van der Waals surface area contributed by atoms with Gasteiger partial charge in [-0.05, 0) is 37.5 Å². The average Bonchev–Trinajstić information content (AvgIpc) is 2.71. The number of methoxy groups -OCH3 is 2. The molecule has 144 valence electrons. The molecular formula is C19H21NO7. The molecule has 8 heteroatoms. The Morgan fingerprint density at radius 1 is 1.00 bits per heavy atom. The van der Waals surface area contributed by atoms with Gasteiger partial charge in [0.1, 0.15) is 0 Å². The van der Waals surface area contributed by atoms with Gasteiger partial charge in [0.15, 0.2) is 6.61 Å². The first-order chi connectivity index (χ1) is 12.9. The predicted octanol–water partition coefficient (Wildman–Crippen LogP) is 2.10. The molecule has 0 fully saturated rings. The minimum Gasteiger partial charge on any atom is -0.465 e. The molecule has 0 aromatic heterocycles. The third-order valence-corrected chi connectivity index (χ3v) is 4.01. The molecule has 1 aliphatic carbocycles. The molecule has 1 aromatic carbocycles. The zero-order valence-corrected chi connectivity index (χ0v) is 15.2. The van der Waals surface area contributed by atoms with Crippen molar-refractivity contribution < 1.29 is 33.4 Å². The topological polar surface area (TPSA) is 108 Å². The van der Waals surface area contributed by atoms with Gasteiger partial charge in [-0.3, -0.25) is 9.59 Å². The zero-order valence-electron chi connectivity index (χ0n) is 15.2. The van der Waals surface area contributed by atoms with E-state index in [1.54, 1.807) is 0 Å². The van der Waals surface area contributed by atoms with E-state index in [2.05, 4.69) is 14.8 Å². The Kier molecular flexibility index (Phi) is 7.10. The summed E-state index contributed by atoms with van der Waals surface area (Å²) in [4.78, 5) is 47.5. The molecular weight excluding hydrogens is 354 g/mol. The molecule has 0 aliphatic heterocycles. The summed E-state index contributed by atoms with van der Waals surface area (Å²) in [6.45, 7) is -0.463. The van der Waals surface area contributed by atoms with Crippen molar-refractivity contribution in [2.45, 2.75) is 19.3 Å². The van der Waals surface area contributed by atoms with E-state index in [0.29, 0.717) is 12.8 Å². The number of carbonyl (C=O) groups is 4. The van der Waals surface area contributed by atoms with Crippen molar-refractivity contribution in [1.82, 2.24) is 0 Å². The van der Waals surface area contributed by atoms with Crippen LogP contribution in [0.1, 0.15) is 40.0 Å². The number of hydrogen-bond donors (Lipinski definition) is 1. The fourth-order valence-corrected chi connectivity index (χ4v) is 2.63. The summed E-state index contributed by atoms with van der Waals surface area (Å²) in [6.07, 6.45) is 6.03. The number of ether oxygens (including phenoxy) is 3. The Balaban J connectivity index is 2.03. The fraction of sp³-hybridized carbons (Fsp3) is 0.368. The second-order valence-corrected chi connectivity index (χ2v) is 5.92. The predicted molar refractivity (Wildman–Crippen MR) is 95.2 cm³/mol. The fourth-order valence-electron chi connectivity index (χ4n) is 2.63. The van der Waals surface area contributed by atoms with Crippen LogP contribution < -0.4 is 5.32 Å². The van der Waals surface area contributed by atoms with E-state index < -0.39 is 30.4 Å². The molecule has 1 N–H and O–H groups in total. The lowest BCUT2D eigenvalue weighted by atomic mass is 9.95. The van der Waals surface area contributed by atoms with Crippen LogP contribution in [0, 0.1) is 5.92 Å². The van der Waals surface area contributed by atoms with Gasteiger partial charge < -0.3 is 19.5 Å². The van der Waals surface area contributed by atoms with E-state index >= 15 is 0 Å². The summed E-state index contributed by atoms with van der Waals surface area (Å²) in [5.74, 6) is -2.60. The van der Waals surface area contributed by atoms with Gasteiger partial charge in [0, 0.05) is 5.69 Å². The molecule has 2 rings (SSSR count). The van der Waals surface area contributed by atoms with E-state index in [1.807, 2.05) is 12.2 Å². The Morgan fingerprint density at radius 3 is 2.15 bits per heavy atom. The maximum Gasteiger partial charge on any atom is 0.337 e. The Labute approximate surface area is 156 Å². The van der Waals surface area contributed by atoms with Crippen molar-refractivity contribution >= 4 is 29.5 Å². The van der Waals surface area contributed by atoms with Crippen molar-refractivity contribution in [3.05, 3.63) is 41.5 Å². The van der Waals surface area contributed by atoms with Gasteiger partial charge in [-0.1, -0.05) is 12.2 Å². The Bertz CT molecular complexity index is 735. The van der Waals surface area contributed by atoms with Gasteiger partial charge in [-0.15, -0.1) is 0 Å². The van der Waals surface area contributed by atoms with Crippen LogP contribution in [-0.4, -0.2) is 44.6 Å². The number of anilines is 1. The normalized spacial score (nSPS) is 15.6. The number of carbonyl (C=O) groups excluding carboxylic acids is 4. The molecule has 1 atom stereocenters. The molecule has 0 spiro atoms. The highest BCUT2D eigenvalue weighted by molar-refractivity contribution is 6.00. The SMILES string of the molecule is COC(=O)c1cc(NC(=O)COC(=O)[C@H]2CC=CCC2)cc(C(=O)OC)c1. The third kappa shape index (κ3) is 5.67. The molecule has 0 bridgehead atoms. The van der Waals surface area contributed by atoms with Crippen LogP contribution in [0.2, 0.25) is 0 Å². The lowest BCUT2D eigenvalue weighted by Gasteiger charge is -2.16. The summed E-state index contributed by atoms with van der Waals surface area (Å²) < 4.78 is 14.3. The number of amides is 1. The molecule has 8 nitrogen and oxygen atoms in total. The molecule has 1 amide bonds. The molecule has 27 heavy (non-hydrogen) atoms. The molecule has 0 saturated heterocycles. The highest BCUT2D eigenvalue weighted by atomic mass is 16.5. The first-order valence-corrected chi connectivity index (χ1v) is 8.37. The second kappa shape index (κ2) is 9.51. The first-order valence-electron chi connectivity index (χ1n) is 8.37. The summed E-state index contributed by atoms with van der Waals surface area (Å²) in [7, 11) is 2.40. The molecule has 1 aliphatic rings. The molecule has 0 heterocycles. The van der Waals surface area contributed by atoms with Crippen LogP contribution in [-0.2, 0) is 23.8 Å². The second-order valence-electron chi connectivity index (χ2n) is 5.92. The summed E-state index contributed by atoms with van der Waals surface area (Å²) in [5, 5.41) is 2.49. The van der Waals surface area contributed by atoms with Gasteiger partial charge in [-0.25, -0.2) is 9.59 Å². The van der Waals surface area contributed by atoms with Gasteiger partial charge >= 0.3 is 17.9 Å². The van der Waals surface area contributed by atoms with Crippen LogP contribution in [0.3, 0.4) is 0 Å². The average molecular weight is 375 g/mol. The smallest absolute Gasteiger partial charge is 0.337 e. The highest BCUT2D eigenvalue weighted by Crippen LogP contribution is 2.20. The van der Waals surface area contributed by atoms with Gasteiger partial charge in [0.25, 0.3) is 5.91 Å². The minimum atomic E-state index is -0.673. The largest absolute Gasteiger partial charge is 0.465 e. The maximum absolute atomic E-state index is 12.1. The van der Waals surface area contributed by atoms with Gasteiger partial charge in [0.2, 0.25) is 0 Å². The lowest BCUT2D eigenvalue weighted by Crippen LogP contribution is -2.25. The van der Waals surface area contributed by atoms with Gasteiger partial charge in [0.05, 0.1) is 31.3 Å². The summed E-state index contributed by atoms with van der Waals surface area (Å²) in [5.41, 5.74) is 0.323. The number of esters is 3. The summed E-state index contributed by atoms with van der Waals surface area (Å²) in [6, 6.07) is 4.00. The molecule has 0 radical (unpaired) electrons. The van der Waals surface area contributed by atoms with E-state index in [0.717, 1.165) is 6.42 Å². The van der Waals surface area contributed by atoms with Crippen molar-refractivity contribution in [2.24, 2.45) is 5.92 Å². The Morgan fingerprint density at radius 2 is 1.63 bits per heavy atom. The maximum atomic E-state index is 12.1. The monoisotopic (exact) mass is 375 g/mol. The van der Waals surface area contributed by atoms with E-state index in [9.17, 15) is 19.2 Å². The van der Waals surface area contributed by atoms with Crippen LogP contribution in [0.15, 0.2) is 30.4 Å². The highest BCUT2D eigenvalue weighted by Gasteiger charge is 2.21. The van der Waals surface area contributed by atoms with Crippen molar-refractivity contribution in [1.29, 1.82) is 0 Å². The molecule has 0 unspecified atom stereocenters. The third-order valence-electron chi connectivity index (χ3n) is 4.01. The lowest BCUT2D eigenvalue weighted by molar-refractivity contribution is -0.151. The number of benzene rings is 1. The van der Waals surface area contributed by atoms with E-state index in [-0.39, 0.29) is 22.7 Å². The summed E-state index contributed by atoms with van der Waals surface area (Å²) >= 11 is 0. The van der Waals surface area contributed by atoms with Gasteiger partial charge in [-0.2, -0.15) is 0 Å². The number of hydrogen-bond acceptors (Lipinski definition) is 7. The van der Waals surface area contributed by atoms with Crippen molar-refractivity contribution in [3.63, 3.8) is 0 Å². The van der Waals surface area contributed by atoms with Crippen molar-refractivity contribution in [2.75, 3.05) is 26.1 Å². The standard InChI is InChI=1S/C19H21NO7/c1-25-17(22)13-8-14(18(23)26-2)10-15(9-13)20-16(21)11-27-19(24)12-6-4-3-5-7-12/h3-4,8-10,12H,5-7,11H2,1-2H3,(H,20,21)/t12-/m0/s1. The van der Waals surface area contributed by atoms with Crippen LogP contribution in [0.4, 0.5) is 5.69 Å². The van der Waals surface area contributed by atoms with E-state index in [1.165, 1.54) is 32.4 Å². The first kappa shape index (κ1) is 20.2. The molecule has 0 saturated carbocycles. The number of nitrogens with one attached hydrogen (secondary N) is 1. The van der Waals surface area contributed by atoms with Crippen LogP contribution in [0.25, 0.3) is 0 Å². The quantitative estimate of drug-likeness (QED) is 0.461. The number of allylic oxidation sites excluding steroid dienone is 2. The minimum absolute atomic E-state index is 0.0710. The van der Waals surface area contributed by atoms with Crippen LogP contribution >= 0.6 is 0 Å². The van der Waals surface area contributed by atoms with E-state index in [4.69, 9.17) is 4.74 Å². The van der Waals surface area contributed by atoms with Crippen molar-refractivity contribution in [3.8, 4) is 0 Å². The molecule has 1 aromatic rings. The van der Waals surface area contributed by atoms with Crippen LogP contribution in [0.5, 0.6) is 0 Å². The Hall–Kier alpha value is -3.16. The zero-order chi connectivity index (χ0) is 19.8. The number of rotatable bonds is 6.